The van der Waals surface area contributed by atoms with Crippen LogP contribution in [0.2, 0.25) is 5.15 Å². The number of anilines is 1. The summed E-state index contributed by atoms with van der Waals surface area (Å²) in [4.78, 5) is 30.9. The summed E-state index contributed by atoms with van der Waals surface area (Å²) < 4.78 is 0. The number of imidazole rings is 1. The zero-order valence-corrected chi connectivity index (χ0v) is 9.51. The van der Waals surface area contributed by atoms with Crippen molar-refractivity contribution in [2.45, 2.75) is 0 Å². The van der Waals surface area contributed by atoms with Crippen molar-refractivity contribution in [3.63, 3.8) is 0 Å². The van der Waals surface area contributed by atoms with Crippen LogP contribution in [0.15, 0.2) is 24.5 Å². The van der Waals surface area contributed by atoms with Gasteiger partial charge in [-0.1, -0.05) is 16.6 Å². The second-order valence-corrected chi connectivity index (χ2v) is 3.59. The van der Waals surface area contributed by atoms with Gasteiger partial charge < -0.3 is 10.1 Å². The van der Waals surface area contributed by atoms with Gasteiger partial charge in [-0.2, -0.15) is 0 Å². The number of nitrogens with zero attached hydrogens (tertiary/aromatic N) is 3. The van der Waals surface area contributed by atoms with Gasteiger partial charge in [0.15, 0.2) is 6.20 Å². The molecule has 0 radical (unpaired) electrons. The van der Waals surface area contributed by atoms with Gasteiger partial charge in [-0.25, -0.2) is 9.97 Å². The average Bonchev–Trinajstić information content (AvgIpc) is 2.78. The van der Waals surface area contributed by atoms with Crippen molar-refractivity contribution < 1.29 is 9.72 Å². The van der Waals surface area contributed by atoms with Gasteiger partial charge in [0.2, 0.25) is 5.82 Å². The highest BCUT2D eigenvalue weighted by atomic mass is 35.5. The Morgan fingerprint density at radius 2 is 2.17 bits per heavy atom. The van der Waals surface area contributed by atoms with Crippen LogP contribution in [0.4, 0.5) is 11.8 Å². The number of aromatic nitrogens is 3. The number of H-pyrrole nitrogens is 1. The highest BCUT2D eigenvalue weighted by Gasteiger charge is 2.14. The Labute approximate surface area is 105 Å². The third kappa shape index (κ3) is 2.61. The van der Waals surface area contributed by atoms with Crippen molar-refractivity contribution in [3.8, 4) is 0 Å². The maximum absolute atomic E-state index is 11.7. The second-order valence-electron chi connectivity index (χ2n) is 3.20. The van der Waals surface area contributed by atoms with E-state index in [0.717, 1.165) is 6.20 Å². The molecule has 2 aromatic rings. The van der Waals surface area contributed by atoms with E-state index >= 15 is 0 Å². The predicted molar refractivity (Wildman–Crippen MR) is 62.4 cm³/mol. The van der Waals surface area contributed by atoms with E-state index in [1.54, 1.807) is 0 Å². The lowest BCUT2D eigenvalue weighted by molar-refractivity contribution is -0.393. The van der Waals surface area contributed by atoms with Crippen molar-refractivity contribution in [2.24, 2.45) is 0 Å². The number of hydrogen-bond acceptors (Lipinski definition) is 5. The Hall–Kier alpha value is -2.48. The first-order valence-corrected chi connectivity index (χ1v) is 5.06. The molecule has 0 aliphatic heterocycles. The molecule has 0 saturated heterocycles. The summed E-state index contributed by atoms with van der Waals surface area (Å²) in [5.74, 6) is -0.793. The Balaban J connectivity index is 2.11. The summed E-state index contributed by atoms with van der Waals surface area (Å²) in [5.41, 5.74) is 0.275. The van der Waals surface area contributed by atoms with Crippen LogP contribution in [-0.2, 0) is 0 Å². The molecule has 2 rings (SSSR count). The van der Waals surface area contributed by atoms with Crippen molar-refractivity contribution >= 4 is 29.3 Å². The Kier molecular flexibility index (Phi) is 3.20. The van der Waals surface area contributed by atoms with Crippen LogP contribution in [0.25, 0.3) is 0 Å². The largest absolute Gasteiger partial charge is 0.433 e. The lowest BCUT2D eigenvalue weighted by atomic mass is 10.3. The number of pyridine rings is 1. The molecule has 0 atom stereocenters. The third-order valence-corrected chi connectivity index (χ3v) is 2.20. The minimum absolute atomic E-state index is 0.127. The van der Waals surface area contributed by atoms with Crippen LogP contribution in [0.1, 0.15) is 10.4 Å². The van der Waals surface area contributed by atoms with Crippen LogP contribution >= 0.6 is 11.6 Å². The first kappa shape index (κ1) is 12.0. The molecule has 0 spiro atoms. The molecule has 0 aliphatic carbocycles. The van der Waals surface area contributed by atoms with E-state index in [2.05, 4.69) is 20.3 Å². The molecule has 2 aromatic heterocycles. The van der Waals surface area contributed by atoms with Gasteiger partial charge in [0.05, 0.1) is 5.56 Å². The molecule has 2 N–H and O–H groups in total. The molecule has 8 nitrogen and oxygen atoms in total. The van der Waals surface area contributed by atoms with Crippen LogP contribution in [0, 0.1) is 10.1 Å². The van der Waals surface area contributed by atoms with E-state index < -0.39 is 16.8 Å². The molecule has 92 valence electrons. The lowest BCUT2D eigenvalue weighted by Crippen LogP contribution is -2.12. The van der Waals surface area contributed by atoms with Gasteiger partial charge in [0, 0.05) is 6.20 Å². The average molecular weight is 268 g/mol. The van der Waals surface area contributed by atoms with Gasteiger partial charge in [-0.15, -0.1) is 0 Å². The second kappa shape index (κ2) is 4.80. The third-order valence-electron chi connectivity index (χ3n) is 1.97. The SMILES string of the molecule is O=C(Nc1cnc([N+](=O)[O-])[nH]1)c1ccc(Cl)nc1. The van der Waals surface area contributed by atoms with E-state index in [1.165, 1.54) is 18.3 Å². The van der Waals surface area contributed by atoms with E-state index in [-0.39, 0.29) is 16.5 Å². The summed E-state index contributed by atoms with van der Waals surface area (Å²) in [5, 5.41) is 13.1. The number of hydrogen-bond donors (Lipinski definition) is 2. The topological polar surface area (TPSA) is 114 Å². The monoisotopic (exact) mass is 267 g/mol. The molecule has 1 amide bonds. The highest BCUT2D eigenvalue weighted by Crippen LogP contribution is 2.11. The molecule has 0 unspecified atom stereocenters. The number of carbonyl (C=O) groups excluding carboxylic acids is 1. The molecular formula is C9H6ClN5O3. The van der Waals surface area contributed by atoms with Crippen LogP contribution in [0.3, 0.4) is 0 Å². The Morgan fingerprint density at radius 1 is 1.39 bits per heavy atom. The number of nitro groups is 1. The van der Waals surface area contributed by atoms with Crippen molar-refractivity contribution in [1.29, 1.82) is 0 Å². The van der Waals surface area contributed by atoms with Crippen molar-refractivity contribution in [2.75, 3.05) is 5.32 Å². The van der Waals surface area contributed by atoms with E-state index in [1.807, 2.05) is 0 Å². The standard InChI is InChI=1S/C9H6ClN5O3/c10-6-2-1-5(3-11-6)8(16)13-7-4-12-9(14-7)15(17)18/h1-4H,(H,12,14)(H,13,16). The maximum atomic E-state index is 11.7. The lowest BCUT2D eigenvalue weighted by Gasteiger charge is -1.99. The molecule has 0 bridgehead atoms. The number of nitrogens with one attached hydrogen (secondary N) is 2. The van der Waals surface area contributed by atoms with Gasteiger partial charge >= 0.3 is 5.95 Å². The summed E-state index contributed by atoms with van der Waals surface area (Å²) >= 11 is 5.58. The smallest absolute Gasteiger partial charge is 0.390 e. The number of halogens is 1. The summed E-state index contributed by atoms with van der Waals surface area (Å²) in [6, 6.07) is 2.95. The molecular weight excluding hydrogens is 262 g/mol. The molecule has 0 saturated carbocycles. The van der Waals surface area contributed by atoms with Crippen LogP contribution < -0.4 is 5.32 Å². The molecule has 2 heterocycles. The fraction of sp³-hybridized carbons (Fsp3) is 0. The summed E-state index contributed by atoms with van der Waals surface area (Å²) in [6.45, 7) is 0. The highest BCUT2D eigenvalue weighted by molar-refractivity contribution is 6.29. The fourth-order valence-corrected chi connectivity index (χ4v) is 1.28. The quantitative estimate of drug-likeness (QED) is 0.498. The predicted octanol–water partition coefficient (Wildman–Crippen LogP) is 1.62. The number of aromatic amines is 1. The van der Waals surface area contributed by atoms with Crippen LogP contribution in [0.5, 0.6) is 0 Å². The van der Waals surface area contributed by atoms with Crippen molar-refractivity contribution in [1.82, 2.24) is 15.0 Å². The number of amides is 1. The number of carbonyl (C=O) groups is 1. The normalized spacial score (nSPS) is 10.1. The fourth-order valence-electron chi connectivity index (χ4n) is 1.17. The maximum Gasteiger partial charge on any atom is 0.433 e. The van der Waals surface area contributed by atoms with Gasteiger partial charge in [-0.05, 0) is 17.1 Å². The summed E-state index contributed by atoms with van der Waals surface area (Å²) in [7, 11) is 0. The Bertz CT molecular complexity index is 595. The zero-order valence-electron chi connectivity index (χ0n) is 8.75. The minimum Gasteiger partial charge on any atom is -0.390 e. The first-order chi connectivity index (χ1) is 8.56. The molecule has 0 aliphatic rings. The molecule has 0 aromatic carbocycles. The first-order valence-electron chi connectivity index (χ1n) is 4.68. The van der Waals surface area contributed by atoms with E-state index in [4.69, 9.17) is 11.6 Å². The molecule has 18 heavy (non-hydrogen) atoms. The summed E-state index contributed by atoms with van der Waals surface area (Å²) in [6.07, 6.45) is 2.45. The molecule has 0 fully saturated rings. The number of rotatable bonds is 3. The van der Waals surface area contributed by atoms with E-state index in [0.29, 0.717) is 0 Å². The van der Waals surface area contributed by atoms with Gasteiger partial charge in [0.1, 0.15) is 5.15 Å². The van der Waals surface area contributed by atoms with Crippen LogP contribution in [-0.4, -0.2) is 25.8 Å². The Morgan fingerprint density at radius 3 is 2.72 bits per heavy atom. The van der Waals surface area contributed by atoms with Gasteiger partial charge in [0.25, 0.3) is 5.91 Å². The van der Waals surface area contributed by atoms with Crippen molar-refractivity contribution in [3.05, 3.63) is 45.4 Å². The molecule has 9 heteroatoms. The zero-order chi connectivity index (χ0) is 13.1. The van der Waals surface area contributed by atoms with E-state index in [9.17, 15) is 14.9 Å². The minimum atomic E-state index is -0.695. The van der Waals surface area contributed by atoms with Gasteiger partial charge in [-0.3, -0.25) is 10.1 Å².